The number of likely N-dealkylation sites (N-methyl/N-ethyl adjacent to an activating group) is 1. The fourth-order valence-electron chi connectivity index (χ4n) is 8.79. The number of non-ortho nitro benzene ring substituents is 1. The summed E-state index contributed by atoms with van der Waals surface area (Å²) in [6.07, 6.45) is -11.2. The summed E-state index contributed by atoms with van der Waals surface area (Å²) in [6.45, 7) is 15.8. The van der Waals surface area contributed by atoms with Gasteiger partial charge in [-0.05, 0) is 132 Å². The summed E-state index contributed by atoms with van der Waals surface area (Å²) in [6, 6.07) is 0.986. The number of aliphatic hydroxyl groups is 4. The zero-order valence-electron chi connectivity index (χ0n) is 44.8. The first kappa shape index (κ1) is 61.9. The Kier molecular flexibility index (Phi) is 21.8. The van der Waals surface area contributed by atoms with Gasteiger partial charge in [0, 0.05) is 43.7 Å². The number of amides is 5. The average molecular weight is 1070 g/mol. The molecule has 5 amide bonds. The Bertz CT molecular complexity index is 2130. The molecule has 26 nitrogen and oxygen atoms in total. The van der Waals surface area contributed by atoms with Gasteiger partial charge < -0.3 is 90.8 Å². The van der Waals surface area contributed by atoms with Gasteiger partial charge in [0.2, 0.25) is 5.91 Å². The molecule has 2 fully saturated rings. The van der Waals surface area contributed by atoms with E-state index in [0.29, 0.717) is 25.1 Å². The summed E-state index contributed by atoms with van der Waals surface area (Å²) < 4.78 is 40.8. The number of benzene rings is 1. The molecule has 3 aliphatic rings. The van der Waals surface area contributed by atoms with Gasteiger partial charge in [0.05, 0.1) is 36.3 Å². The summed E-state index contributed by atoms with van der Waals surface area (Å²) in [5, 5.41) is 72.7. The van der Waals surface area contributed by atoms with Crippen LogP contribution in [0.25, 0.3) is 0 Å². The molecule has 1 saturated heterocycles. The van der Waals surface area contributed by atoms with E-state index in [9.17, 15) is 54.5 Å². The number of carbonyl (C=O) groups is 5. The van der Waals surface area contributed by atoms with Crippen LogP contribution in [0.2, 0.25) is 0 Å². The molecule has 2 aliphatic heterocycles. The van der Waals surface area contributed by atoms with E-state index < -0.39 is 131 Å². The minimum atomic E-state index is -1.88. The van der Waals surface area contributed by atoms with Gasteiger partial charge in [-0.15, -0.1) is 0 Å². The van der Waals surface area contributed by atoms with E-state index in [1.54, 1.807) is 68.4 Å². The first-order valence-electron chi connectivity index (χ1n) is 25.0. The molecule has 4 rings (SSSR count). The molecule has 0 radical (unpaired) electrons. The third-order valence-corrected chi connectivity index (χ3v) is 12.1. The molecule has 424 valence electrons. The average Bonchev–Trinajstić information content (AvgIpc) is 3.28. The van der Waals surface area contributed by atoms with Crippen LogP contribution in [0.3, 0.4) is 0 Å². The number of rotatable bonds is 19. The van der Waals surface area contributed by atoms with Crippen LogP contribution >= 0.6 is 0 Å². The first-order valence-corrected chi connectivity index (χ1v) is 25.0. The standard InChI is InChI=1S/C49H80N8O18/c1-46(2,3)73-43(63)52-22-19-33(58)40(61)54-32-23-31(55-44(64)74-47(4,5)6)34(35(59)38(32)72-41-36(60)39(49(10,66)26-70-41)56(11)45(65)75-48(7,8)9)37-30(51-21-12-20-50)18-17-29(71-37)24-53-42(62)69-25-27-13-15-28(16-14-27)57(67)68/h13-17,30-39,41,51,58-60,66H,12,18-26,50H2,1-11H3,(H,52,63)(H,53,62)(H,54,61)(H,55,64)/t30-,31+,32-,33+,34?,35+,36-,37+,38+,39-,41-,49+/m1/s1. The Morgan fingerprint density at radius 2 is 1.51 bits per heavy atom. The molecular formula is C49H80N8O18. The zero-order valence-corrected chi connectivity index (χ0v) is 44.8. The van der Waals surface area contributed by atoms with E-state index in [-0.39, 0.29) is 50.4 Å². The van der Waals surface area contributed by atoms with Crippen molar-refractivity contribution in [3.05, 3.63) is 51.8 Å². The lowest BCUT2D eigenvalue weighted by Crippen LogP contribution is -2.71. The number of alkyl carbamates (subject to hydrolysis) is 3. The number of carbonyl (C=O) groups excluding carboxylic acids is 5. The number of nitrogens with two attached hydrogens (primary N) is 1. The highest BCUT2D eigenvalue weighted by atomic mass is 16.7. The lowest BCUT2D eigenvalue weighted by atomic mass is 9.72. The van der Waals surface area contributed by atoms with E-state index >= 15 is 0 Å². The Morgan fingerprint density at radius 1 is 0.880 bits per heavy atom. The molecule has 11 N–H and O–H groups in total. The lowest BCUT2D eigenvalue weighted by molar-refractivity contribution is -0.384. The van der Waals surface area contributed by atoms with Crippen molar-refractivity contribution < 1.29 is 82.5 Å². The highest BCUT2D eigenvalue weighted by molar-refractivity contribution is 5.81. The third kappa shape index (κ3) is 19.2. The maximum absolute atomic E-state index is 13.9. The topological polar surface area (TPSA) is 363 Å². The van der Waals surface area contributed by atoms with E-state index in [1.165, 1.54) is 38.2 Å². The maximum atomic E-state index is 13.9. The first-order chi connectivity index (χ1) is 34.8. The number of hydrogen-bond donors (Lipinski definition) is 10. The van der Waals surface area contributed by atoms with Gasteiger partial charge in [0.15, 0.2) is 6.29 Å². The van der Waals surface area contributed by atoms with Gasteiger partial charge in [-0.25, -0.2) is 19.2 Å². The summed E-state index contributed by atoms with van der Waals surface area (Å²) in [7, 11) is 1.32. The van der Waals surface area contributed by atoms with Crippen LogP contribution in [0.4, 0.5) is 24.9 Å². The number of nitro groups is 1. The van der Waals surface area contributed by atoms with Crippen LogP contribution in [0.15, 0.2) is 36.1 Å². The maximum Gasteiger partial charge on any atom is 0.410 e. The molecule has 1 saturated carbocycles. The van der Waals surface area contributed by atoms with Crippen LogP contribution in [0.5, 0.6) is 0 Å². The number of nitrogens with zero attached hydrogens (tertiary/aromatic N) is 2. The van der Waals surface area contributed by atoms with Crippen molar-refractivity contribution in [2.75, 3.05) is 39.8 Å². The SMILES string of the molecule is CN(C(=O)OC(C)(C)C)[C@@H]1[C@@H](O)[C@@H](O[C@H]2[C@H](NC(=O)[C@@H](O)CCNC(=O)OC(C)(C)C)C[C@H](NC(=O)OC(C)(C)C)C([C@H]3OC(CNC(=O)OCc4ccc([N+](=O)[O-])cc4)=CC[C@H]3NCCCN)[C@@H]2O)OC[C@]1(C)O. The molecule has 75 heavy (non-hydrogen) atoms. The van der Waals surface area contributed by atoms with Crippen LogP contribution in [0.1, 0.15) is 100 Å². The summed E-state index contributed by atoms with van der Waals surface area (Å²) >= 11 is 0. The molecule has 1 aliphatic carbocycles. The quantitative estimate of drug-likeness (QED) is 0.0409. The Hall–Kier alpha value is -5.61. The normalized spacial score (nSPS) is 27.5. The van der Waals surface area contributed by atoms with Crippen molar-refractivity contribution in [3.63, 3.8) is 0 Å². The Balaban J connectivity index is 1.72. The number of hydrogen-bond acceptors (Lipinski definition) is 20. The highest BCUT2D eigenvalue weighted by Gasteiger charge is 2.56. The van der Waals surface area contributed by atoms with Crippen molar-refractivity contribution in [1.82, 2.24) is 31.5 Å². The van der Waals surface area contributed by atoms with Crippen LogP contribution in [0, 0.1) is 16.0 Å². The molecule has 1 aromatic rings. The van der Waals surface area contributed by atoms with Gasteiger partial charge >= 0.3 is 24.4 Å². The molecule has 0 spiro atoms. The van der Waals surface area contributed by atoms with Gasteiger partial charge in [-0.3, -0.25) is 14.9 Å². The summed E-state index contributed by atoms with van der Waals surface area (Å²) in [5.41, 5.74) is 1.56. The second-order valence-corrected chi connectivity index (χ2v) is 22.1. The second kappa shape index (κ2) is 26.4. The van der Waals surface area contributed by atoms with Gasteiger partial charge in [-0.2, -0.15) is 0 Å². The molecule has 1 unspecified atom stereocenters. The fraction of sp³-hybridized carbons (Fsp3) is 0.735. The van der Waals surface area contributed by atoms with E-state index in [4.69, 9.17) is 38.9 Å². The number of aliphatic hydroxyl groups excluding tert-OH is 3. The van der Waals surface area contributed by atoms with Gasteiger partial charge in [0.1, 0.15) is 59.2 Å². The molecule has 2 heterocycles. The van der Waals surface area contributed by atoms with Crippen LogP contribution < -0.4 is 32.3 Å². The Labute approximate surface area is 437 Å². The molecule has 0 aromatic heterocycles. The van der Waals surface area contributed by atoms with E-state index in [2.05, 4.69) is 26.6 Å². The minimum Gasteiger partial charge on any atom is -0.491 e. The van der Waals surface area contributed by atoms with Crippen LogP contribution in [-0.4, -0.2) is 184 Å². The van der Waals surface area contributed by atoms with Crippen molar-refractivity contribution in [3.8, 4) is 0 Å². The Morgan fingerprint density at radius 3 is 2.11 bits per heavy atom. The fourth-order valence-corrected chi connectivity index (χ4v) is 8.79. The third-order valence-electron chi connectivity index (χ3n) is 12.1. The van der Waals surface area contributed by atoms with Gasteiger partial charge in [-0.1, -0.05) is 0 Å². The van der Waals surface area contributed by atoms with Crippen molar-refractivity contribution in [2.45, 2.75) is 185 Å². The van der Waals surface area contributed by atoms with Crippen molar-refractivity contribution in [1.29, 1.82) is 0 Å². The molecule has 26 heteroatoms. The second-order valence-electron chi connectivity index (χ2n) is 22.1. The van der Waals surface area contributed by atoms with Crippen molar-refractivity contribution in [2.24, 2.45) is 11.7 Å². The number of nitrogens with one attached hydrogen (secondary N) is 5. The molecular weight excluding hydrogens is 989 g/mol. The predicted molar refractivity (Wildman–Crippen MR) is 267 cm³/mol. The number of ether oxygens (including phenoxy) is 7. The van der Waals surface area contributed by atoms with E-state index in [0.717, 1.165) is 4.90 Å². The number of nitro benzene ring substituents is 1. The summed E-state index contributed by atoms with van der Waals surface area (Å²) in [4.78, 5) is 77.9. The van der Waals surface area contributed by atoms with Crippen LogP contribution in [-0.2, 0) is 44.6 Å². The lowest BCUT2D eigenvalue weighted by Gasteiger charge is -2.52. The smallest absolute Gasteiger partial charge is 0.410 e. The zero-order chi connectivity index (χ0) is 56.2. The molecule has 0 bridgehead atoms. The molecule has 12 atom stereocenters. The summed E-state index contributed by atoms with van der Waals surface area (Å²) in [5.74, 6) is -1.93. The largest absolute Gasteiger partial charge is 0.491 e. The highest BCUT2D eigenvalue weighted by Crippen LogP contribution is 2.39. The van der Waals surface area contributed by atoms with Crippen molar-refractivity contribution >= 4 is 36.0 Å². The minimum absolute atomic E-state index is 0.133. The van der Waals surface area contributed by atoms with Gasteiger partial charge in [0.25, 0.3) is 5.69 Å². The molecule has 1 aromatic carbocycles. The predicted octanol–water partition coefficient (Wildman–Crippen LogP) is 1.92. The monoisotopic (exact) mass is 1070 g/mol. The van der Waals surface area contributed by atoms with E-state index in [1.807, 2.05) is 0 Å².